The van der Waals surface area contributed by atoms with Gasteiger partial charge in [-0.25, -0.2) is 0 Å². The molecule has 0 saturated heterocycles. The van der Waals surface area contributed by atoms with Gasteiger partial charge in [0.05, 0.1) is 7.11 Å². The zero-order valence-electron chi connectivity index (χ0n) is 11.5. The summed E-state index contributed by atoms with van der Waals surface area (Å²) in [4.78, 5) is 12.1. The summed E-state index contributed by atoms with van der Waals surface area (Å²) in [6.07, 6.45) is 3.25. The lowest BCUT2D eigenvalue weighted by Gasteiger charge is -2.05. The third-order valence-electron chi connectivity index (χ3n) is 3.00. The van der Waals surface area contributed by atoms with E-state index in [-0.39, 0.29) is 11.5 Å². The summed E-state index contributed by atoms with van der Waals surface area (Å²) in [6.45, 7) is 1.90. The first-order valence-corrected chi connectivity index (χ1v) is 6.26. The molecule has 3 heteroatoms. The van der Waals surface area contributed by atoms with Crippen LogP contribution in [0.5, 0.6) is 11.5 Å². The van der Waals surface area contributed by atoms with E-state index in [2.05, 4.69) is 0 Å². The van der Waals surface area contributed by atoms with Gasteiger partial charge in [-0.15, -0.1) is 0 Å². The van der Waals surface area contributed by atoms with E-state index in [0.29, 0.717) is 5.56 Å². The number of carbonyl (C=O) groups is 1. The number of aromatic hydroxyl groups is 1. The molecular formula is C17H16O3. The van der Waals surface area contributed by atoms with Crippen molar-refractivity contribution in [2.24, 2.45) is 0 Å². The molecule has 102 valence electrons. The molecule has 0 saturated carbocycles. The van der Waals surface area contributed by atoms with Crippen LogP contribution in [0, 0.1) is 6.92 Å². The Labute approximate surface area is 118 Å². The van der Waals surface area contributed by atoms with Gasteiger partial charge in [-0.1, -0.05) is 18.2 Å². The fourth-order valence-electron chi connectivity index (χ4n) is 1.89. The Morgan fingerprint density at radius 1 is 1.15 bits per heavy atom. The average Bonchev–Trinajstić information content (AvgIpc) is 2.46. The number of carbonyl (C=O) groups excluding carboxylic acids is 1. The van der Waals surface area contributed by atoms with Crippen LogP contribution in [0.15, 0.2) is 48.5 Å². The molecule has 2 aromatic rings. The number of ketones is 1. The number of benzene rings is 2. The van der Waals surface area contributed by atoms with E-state index in [1.165, 1.54) is 6.08 Å². The minimum atomic E-state index is -0.0659. The van der Waals surface area contributed by atoms with Gasteiger partial charge in [0.25, 0.3) is 0 Å². The second-order valence-corrected chi connectivity index (χ2v) is 4.47. The maximum atomic E-state index is 12.1. The molecule has 0 aliphatic carbocycles. The van der Waals surface area contributed by atoms with E-state index in [4.69, 9.17) is 4.74 Å². The Balaban J connectivity index is 2.15. The molecule has 0 aromatic heterocycles. The third kappa shape index (κ3) is 3.26. The van der Waals surface area contributed by atoms with Crippen molar-refractivity contribution in [3.8, 4) is 11.5 Å². The van der Waals surface area contributed by atoms with Gasteiger partial charge in [-0.05, 0) is 54.5 Å². The summed E-state index contributed by atoms with van der Waals surface area (Å²) < 4.78 is 5.17. The van der Waals surface area contributed by atoms with Gasteiger partial charge in [0, 0.05) is 5.56 Å². The van der Waals surface area contributed by atoms with E-state index in [1.54, 1.807) is 49.6 Å². The number of methoxy groups -OCH3 is 1. The first kappa shape index (κ1) is 13.9. The summed E-state index contributed by atoms with van der Waals surface area (Å²) in [7, 11) is 1.61. The Hall–Kier alpha value is -2.55. The van der Waals surface area contributed by atoms with Crippen LogP contribution in [0.2, 0.25) is 0 Å². The highest BCUT2D eigenvalue weighted by atomic mass is 16.5. The van der Waals surface area contributed by atoms with Crippen LogP contribution < -0.4 is 4.74 Å². The fourth-order valence-corrected chi connectivity index (χ4v) is 1.89. The first-order chi connectivity index (χ1) is 9.60. The molecule has 0 bridgehead atoms. The molecule has 0 radical (unpaired) electrons. The fraction of sp³-hybridized carbons (Fsp3) is 0.118. The number of allylic oxidation sites excluding steroid dienone is 1. The normalized spacial score (nSPS) is 10.7. The van der Waals surface area contributed by atoms with Crippen molar-refractivity contribution in [3.63, 3.8) is 0 Å². The molecule has 0 aliphatic heterocycles. The predicted molar refractivity (Wildman–Crippen MR) is 79.2 cm³/mol. The minimum Gasteiger partial charge on any atom is -0.508 e. The topological polar surface area (TPSA) is 46.5 Å². The van der Waals surface area contributed by atoms with Gasteiger partial charge < -0.3 is 9.84 Å². The largest absolute Gasteiger partial charge is 0.508 e. The molecule has 0 fully saturated rings. The minimum absolute atomic E-state index is 0.0659. The lowest BCUT2D eigenvalue weighted by molar-refractivity contribution is 0.104. The van der Waals surface area contributed by atoms with Gasteiger partial charge in [0.2, 0.25) is 0 Å². The third-order valence-corrected chi connectivity index (χ3v) is 3.00. The number of ether oxygens (including phenoxy) is 1. The first-order valence-electron chi connectivity index (χ1n) is 6.26. The highest BCUT2D eigenvalue weighted by molar-refractivity contribution is 6.07. The van der Waals surface area contributed by atoms with E-state index in [9.17, 15) is 9.90 Å². The second-order valence-electron chi connectivity index (χ2n) is 4.47. The van der Waals surface area contributed by atoms with Crippen LogP contribution in [0.25, 0.3) is 6.08 Å². The van der Waals surface area contributed by atoms with Gasteiger partial charge in [-0.3, -0.25) is 4.79 Å². The van der Waals surface area contributed by atoms with Crippen LogP contribution in [-0.4, -0.2) is 18.0 Å². The number of phenolic OH excluding ortho intramolecular Hbond substituents is 1. The quantitative estimate of drug-likeness (QED) is 0.680. The Kier molecular flexibility index (Phi) is 4.20. The summed E-state index contributed by atoms with van der Waals surface area (Å²) in [5.41, 5.74) is 2.41. The summed E-state index contributed by atoms with van der Waals surface area (Å²) in [5, 5.41) is 9.19. The van der Waals surface area contributed by atoms with Crippen molar-refractivity contribution in [2.45, 2.75) is 6.92 Å². The maximum absolute atomic E-state index is 12.1. The van der Waals surface area contributed by atoms with Crippen LogP contribution >= 0.6 is 0 Å². The zero-order valence-corrected chi connectivity index (χ0v) is 11.5. The molecule has 1 N–H and O–H groups in total. The number of hydrogen-bond donors (Lipinski definition) is 1. The van der Waals surface area contributed by atoms with Gasteiger partial charge in [0.15, 0.2) is 5.78 Å². The molecule has 3 nitrogen and oxygen atoms in total. The van der Waals surface area contributed by atoms with Crippen LogP contribution in [0.3, 0.4) is 0 Å². The average molecular weight is 268 g/mol. The predicted octanol–water partition coefficient (Wildman–Crippen LogP) is 3.61. The van der Waals surface area contributed by atoms with Crippen LogP contribution in [-0.2, 0) is 0 Å². The van der Waals surface area contributed by atoms with Gasteiger partial charge in [0.1, 0.15) is 11.5 Å². The number of hydrogen-bond acceptors (Lipinski definition) is 3. The second kappa shape index (κ2) is 6.06. The summed E-state index contributed by atoms with van der Waals surface area (Å²) in [6, 6.07) is 12.0. The molecule has 2 rings (SSSR count). The lowest BCUT2D eigenvalue weighted by Crippen LogP contribution is -1.96. The van der Waals surface area contributed by atoms with Crippen molar-refractivity contribution in [1.29, 1.82) is 0 Å². The van der Waals surface area contributed by atoms with Crippen molar-refractivity contribution in [3.05, 3.63) is 65.2 Å². The van der Waals surface area contributed by atoms with E-state index >= 15 is 0 Å². The monoisotopic (exact) mass is 268 g/mol. The SMILES string of the molecule is COc1ccc(C(=O)C=Cc2ccc(O)cc2)cc1C. The Morgan fingerprint density at radius 3 is 2.45 bits per heavy atom. The highest BCUT2D eigenvalue weighted by Gasteiger charge is 2.05. The van der Waals surface area contributed by atoms with Crippen molar-refractivity contribution in [1.82, 2.24) is 0 Å². The Morgan fingerprint density at radius 2 is 1.85 bits per heavy atom. The summed E-state index contributed by atoms with van der Waals surface area (Å²) in [5.74, 6) is 0.909. The lowest BCUT2D eigenvalue weighted by atomic mass is 10.1. The van der Waals surface area contributed by atoms with Crippen molar-refractivity contribution in [2.75, 3.05) is 7.11 Å². The van der Waals surface area contributed by atoms with E-state index < -0.39 is 0 Å². The van der Waals surface area contributed by atoms with E-state index in [1.807, 2.05) is 13.0 Å². The Bertz CT molecular complexity index is 640. The molecule has 2 aromatic carbocycles. The van der Waals surface area contributed by atoms with Crippen molar-refractivity contribution < 1.29 is 14.6 Å². The number of rotatable bonds is 4. The van der Waals surface area contributed by atoms with Crippen molar-refractivity contribution >= 4 is 11.9 Å². The molecule has 20 heavy (non-hydrogen) atoms. The molecule has 0 heterocycles. The number of aryl methyl sites for hydroxylation is 1. The van der Waals surface area contributed by atoms with Crippen LogP contribution in [0.1, 0.15) is 21.5 Å². The van der Waals surface area contributed by atoms with Gasteiger partial charge in [-0.2, -0.15) is 0 Å². The number of phenols is 1. The molecule has 0 unspecified atom stereocenters. The standard InChI is InChI=1S/C17H16O3/c1-12-11-14(6-10-17(12)20-2)16(19)9-5-13-3-7-15(18)8-4-13/h3-11,18H,1-2H3. The summed E-state index contributed by atoms with van der Waals surface area (Å²) >= 11 is 0. The molecule has 0 amide bonds. The zero-order chi connectivity index (χ0) is 14.5. The molecule has 0 spiro atoms. The van der Waals surface area contributed by atoms with Gasteiger partial charge >= 0.3 is 0 Å². The van der Waals surface area contributed by atoms with Crippen LogP contribution in [0.4, 0.5) is 0 Å². The highest BCUT2D eigenvalue weighted by Crippen LogP contribution is 2.19. The van der Waals surface area contributed by atoms with E-state index in [0.717, 1.165) is 16.9 Å². The molecule has 0 atom stereocenters. The smallest absolute Gasteiger partial charge is 0.185 e. The molecular weight excluding hydrogens is 252 g/mol. The maximum Gasteiger partial charge on any atom is 0.185 e. The molecule has 0 aliphatic rings.